The van der Waals surface area contributed by atoms with Crippen molar-refractivity contribution in [3.8, 4) is 0 Å². The first kappa shape index (κ1) is 23.8. The van der Waals surface area contributed by atoms with Crippen LogP contribution in [0.4, 0.5) is 0 Å². The van der Waals surface area contributed by atoms with Crippen molar-refractivity contribution >= 4 is 6.79 Å². The molecule has 0 N–H and O–H groups in total. The van der Waals surface area contributed by atoms with Gasteiger partial charge in [-0.3, -0.25) is 0 Å². The number of carbonyl (C=O) groups excluding carboxylic acids is 1. The smallest absolute Gasteiger partial charge is 0.106 e. The van der Waals surface area contributed by atoms with Crippen molar-refractivity contribution in [3.05, 3.63) is 6.92 Å². The molecule has 0 aliphatic heterocycles. The summed E-state index contributed by atoms with van der Waals surface area (Å²) < 4.78 is 0. The summed E-state index contributed by atoms with van der Waals surface area (Å²) in [6, 6.07) is 0. The minimum Gasteiger partial charge on any atom is -0.346 e. The summed E-state index contributed by atoms with van der Waals surface area (Å²) >= 11 is 0. The maximum absolute atomic E-state index is 8.00. The Morgan fingerprint density at radius 2 is 1.25 bits per heavy atom. The van der Waals surface area contributed by atoms with Gasteiger partial charge in [0.15, 0.2) is 0 Å². The molecule has 0 aliphatic rings. The maximum Gasteiger partial charge on any atom is 0.106 e. The molecule has 2 heteroatoms. The zero-order chi connectivity index (χ0) is 6.71. The van der Waals surface area contributed by atoms with E-state index >= 15 is 0 Å². The van der Waals surface area contributed by atoms with Crippen LogP contribution in [0, 0.1) is 6.92 Å². The summed E-state index contributed by atoms with van der Waals surface area (Å²) in [5.41, 5.74) is 0. The van der Waals surface area contributed by atoms with Crippen molar-refractivity contribution in [3.63, 3.8) is 0 Å². The van der Waals surface area contributed by atoms with Gasteiger partial charge in [0.1, 0.15) is 6.79 Å². The summed E-state index contributed by atoms with van der Waals surface area (Å²) in [5.74, 6) is 0. The van der Waals surface area contributed by atoms with Gasteiger partial charge in [-0.1, -0.05) is 20.3 Å². The fraction of sp³-hybridized carbons (Fsp3) is 0.667. The molecule has 0 spiro atoms. The summed E-state index contributed by atoms with van der Waals surface area (Å²) in [7, 11) is 0. The zero-order valence-electron chi connectivity index (χ0n) is 5.94. The molecule has 0 radical (unpaired) electrons. The van der Waals surface area contributed by atoms with Gasteiger partial charge in [0, 0.05) is 21.1 Å². The topological polar surface area (TPSA) is 17.1 Å². The van der Waals surface area contributed by atoms with Crippen LogP contribution in [0.5, 0.6) is 0 Å². The van der Waals surface area contributed by atoms with Crippen molar-refractivity contribution in [2.45, 2.75) is 27.2 Å². The first-order chi connectivity index (χ1) is 3.41. The third-order valence-corrected chi connectivity index (χ3v) is 0. The number of hydrogen-bond acceptors (Lipinski definition) is 1. The third-order valence-electron chi connectivity index (χ3n) is 0. The second-order valence-electron chi connectivity index (χ2n) is 0.707. The van der Waals surface area contributed by atoms with Gasteiger partial charge in [-0.2, -0.15) is 6.92 Å². The van der Waals surface area contributed by atoms with Crippen LogP contribution in [-0.4, -0.2) is 6.79 Å². The average molecular weight is 287 g/mol. The molecule has 8 heavy (non-hydrogen) atoms. The van der Waals surface area contributed by atoms with E-state index in [1.165, 1.54) is 6.42 Å². The molecule has 0 bridgehead atoms. The molecule has 0 rings (SSSR count). The third kappa shape index (κ3) is 1420. The molecule has 0 saturated heterocycles. The first-order valence-corrected chi connectivity index (χ1v) is 2.41. The van der Waals surface area contributed by atoms with Crippen LogP contribution in [0.2, 0.25) is 0 Å². The standard InChI is InChI=1S/C3H8.C2H5.CH2O.W/c1-3-2;2*1-2;/h3H2,1-2H3;1H2,2H3;1H2;/q;-1;;. The van der Waals surface area contributed by atoms with E-state index in [1.54, 1.807) is 6.92 Å². The van der Waals surface area contributed by atoms with E-state index in [0.29, 0.717) is 0 Å². The van der Waals surface area contributed by atoms with Crippen LogP contribution in [-0.2, 0) is 25.9 Å². The monoisotopic (exact) mass is 287 g/mol. The largest absolute Gasteiger partial charge is 0.346 e. The van der Waals surface area contributed by atoms with Gasteiger partial charge in [-0.15, -0.1) is 0 Å². The van der Waals surface area contributed by atoms with Crippen LogP contribution in [0.25, 0.3) is 0 Å². The van der Waals surface area contributed by atoms with E-state index in [2.05, 4.69) is 20.8 Å². The van der Waals surface area contributed by atoms with Gasteiger partial charge in [0.2, 0.25) is 0 Å². The van der Waals surface area contributed by atoms with E-state index in [-0.39, 0.29) is 21.1 Å². The average Bonchev–Trinajstić information content (AvgIpc) is 1.78. The second-order valence-corrected chi connectivity index (χ2v) is 0.707. The molecule has 0 heterocycles. The van der Waals surface area contributed by atoms with Gasteiger partial charge in [-0.05, 0) is 0 Å². The second kappa shape index (κ2) is 161. The van der Waals surface area contributed by atoms with Crippen LogP contribution in [0.3, 0.4) is 0 Å². The van der Waals surface area contributed by atoms with E-state index in [1.807, 2.05) is 6.79 Å². The van der Waals surface area contributed by atoms with Crippen molar-refractivity contribution < 1.29 is 25.9 Å². The Morgan fingerprint density at radius 3 is 1.25 bits per heavy atom. The Labute approximate surface area is 67.1 Å². The van der Waals surface area contributed by atoms with Gasteiger partial charge in [-0.25, -0.2) is 0 Å². The molecule has 0 aromatic heterocycles. The van der Waals surface area contributed by atoms with Crippen LogP contribution >= 0.6 is 0 Å². The Balaban J connectivity index is -0.0000000147. The summed E-state index contributed by atoms with van der Waals surface area (Å²) in [5, 5.41) is 0. The minimum atomic E-state index is 0. The molecule has 0 unspecified atom stereocenters. The first-order valence-electron chi connectivity index (χ1n) is 2.41. The Bertz CT molecular complexity index is 12.5. The van der Waals surface area contributed by atoms with Crippen molar-refractivity contribution in [2.75, 3.05) is 0 Å². The van der Waals surface area contributed by atoms with Gasteiger partial charge in [0.05, 0.1) is 0 Å². The van der Waals surface area contributed by atoms with Crippen molar-refractivity contribution in [1.82, 2.24) is 0 Å². The van der Waals surface area contributed by atoms with Crippen molar-refractivity contribution in [1.29, 1.82) is 0 Å². The molecule has 0 aromatic carbocycles. The normalized spacial score (nSPS) is 3.50. The fourth-order valence-corrected chi connectivity index (χ4v) is 0. The molecule has 0 aromatic rings. The molecule has 0 aliphatic carbocycles. The molecule has 0 saturated carbocycles. The SMILES string of the molecule is C=O.CCC.[CH2-]C.[W]. The predicted octanol–water partition coefficient (Wildman–Crippen LogP) is 2.07. The Morgan fingerprint density at radius 1 is 1.25 bits per heavy atom. The van der Waals surface area contributed by atoms with Gasteiger partial charge >= 0.3 is 0 Å². The van der Waals surface area contributed by atoms with Gasteiger partial charge < -0.3 is 11.7 Å². The number of rotatable bonds is 0. The van der Waals surface area contributed by atoms with E-state index < -0.39 is 0 Å². The zero-order valence-corrected chi connectivity index (χ0v) is 8.87. The summed E-state index contributed by atoms with van der Waals surface area (Å²) in [6.45, 7) is 11.2. The van der Waals surface area contributed by atoms with E-state index in [4.69, 9.17) is 4.79 Å². The number of hydrogen-bond donors (Lipinski definition) is 0. The number of carbonyl (C=O) groups is 1. The maximum atomic E-state index is 8.00. The summed E-state index contributed by atoms with van der Waals surface area (Å²) in [6.07, 6.45) is 1.25. The minimum absolute atomic E-state index is 0. The molecule has 0 fully saturated rings. The fourth-order valence-electron chi connectivity index (χ4n) is 0. The predicted molar refractivity (Wildman–Crippen MR) is 34.1 cm³/mol. The molecule has 0 amide bonds. The quantitative estimate of drug-likeness (QED) is 0.623. The molecule has 1 nitrogen and oxygen atoms in total. The van der Waals surface area contributed by atoms with E-state index in [9.17, 15) is 0 Å². The Kier molecular flexibility index (Phi) is 480. The van der Waals surface area contributed by atoms with Crippen LogP contribution in [0.1, 0.15) is 27.2 Å². The molecule has 52 valence electrons. The van der Waals surface area contributed by atoms with Crippen LogP contribution in [0.15, 0.2) is 0 Å². The van der Waals surface area contributed by atoms with Gasteiger partial charge in [0.25, 0.3) is 0 Å². The van der Waals surface area contributed by atoms with Crippen LogP contribution < -0.4 is 0 Å². The Hall–Kier alpha value is 0.358. The van der Waals surface area contributed by atoms with E-state index in [0.717, 1.165) is 0 Å². The molecular formula is C6H15OW-. The molecular weight excluding hydrogens is 272 g/mol. The van der Waals surface area contributed by atoms with Crippen molar-refractivity contribution in [2.24, 2.45) is 0 Å². The molecule has 0 atom stereocenters. The summed E-state index contributed by atoms with van der Waals surface area (Å²) in [4.78, 5) is 8.00.